The van der Waals surface area contributed by atoms with Crippen LogP contribution in [0.2, 0.25) is 0 Å². The second-order valence-corrected chi connectivity index (χ2v) is 8.03. The van der Waals surface area contributed by atoms with Gasteiger partial charge < -0.3 is 4.74 Å². The molecule has 1 fully saturated rings. The molecule has 1 aliphatic rings. The van der Waals surface area contributed by atoms with Gasteiger partial charge in [0, 0.05) is 12.1 Å². The van der Waals surface area contributed by atoms with Crippen molar-refractivity contribution in [1.82, 2.24) is 0 Å². The second-order valence-electron chi connectivity index (χ2n) is 5.19. The zero-order chi connectivity index (χ0) is 18.8. The van der Waals surface area contributed by atoms with Crippen molar-refractivity contribution in [3.05, 3.63) is 66.6 Å². The normalized spacial score (nSPS) is 15.6. The third-order valence-electron chi connectivity index (χ3n) is 3.57. The van der Waals surface area contributed by atoms with Crippen LogP contribution in [0.1, 0.15) is 5.56 Å². The molecule has 2 aromatic rings. The molecule has 3 rings (SSSR count). The fourth-order valence-electron chi connectivity index (χ4n) is 2.36. The summed E-state index contributed by atoms with van der Waals surface area (Å²) in [5, 5.41) is 11.0. The van der Waals surface area contributed by atoms with E-state index in [4.69, 9.17) is 17.0 Å². The molecule has 0 aliphatic carbocycles. The van der Waals surface area contributed by atoms with Crippen LogP contribution >= 0.6 is 46.6 Å². The topological polar surface area (TPSA) is 72.7 Å². The molecule has 1 saturated heterocycles. The maximum atomic E-state index is 12.8. The number of anilines is 1. The molecular formula is C17H11IN2O4S2. The average molecular weight is 498 g/mol. The van der Waals surface area contributed by atoms with E-state index >= 15 is 0 Å². The molecule has 132 valence electrons. The summed E-state index contributed by atoms with van der Waals surface area (Å²) in [7, 11) is 1.60. The lowest BCUT2D eigenvalue weighted by Gasteiger charge is -2.13. The number of rotatable bonds is 4. The van der Waals surface area contributed by atoms with E-state index in [-0.39, 0.29) is 11.6 Å². The Labute approximate surface area is 172 Å². The second kappa shape index (κ2) is 7.72. The lowest BCUT2D eigenvalue weighted by Crippen LogP contribution is -2.27. The van der Waals surface area contributed by atoms with Crippen molar-refractivity contribution < 1.29 is 14.5 Å². The molecule has 0 N–H and O–H groups in total. The van der Waals surface area contributed by atoms with Gasteiger partial charge in [0.15, 0.2) is 4.32 Å². The van der Waals surface area contributed by atoms with Crippen molar-refractivity contribution in [2.75, 3.05) is 12.0 Å². The highest BCUT2D eigenvalue weighted by atomic mass is 127. The molecule has 2 aromatic carbocycles. The summed E-state index contributed by atoms with van der Waals surface area (Å²) in [6, 6.07) is 11.4. The Hall–Kier alpha value is -1.98. The van der Waals surface area contributed by atoms with Gasteiger partial charge in [0.2, 0.25) is 0 Å². The molecular weight excluding hydrogens is 487 g/mol. The summed E-state index contributed by atoms with van der Waals surface area (Å²) in [5.74, 6) is 0.457. The van der Waals surface area contributed by atoms with Crippen LogP contribution in [-0.2, 0) is 4.79 Å². The quantitative estimate of drug-likeness (QED) is 0.202. The number of thioether (sulfide) groups is 1. The predicted octanol–water partition coefficient (Wildman–Crippen LogP) is 4.61. The molecule has 1 aliphatic heterocycles. The minimum atomic E-state index is -0.504. The van der Waals surface area contributed by atoms with E-state index in [1.165, 1.54) is 34.9 Å². The monoisotopic (exact) mass is 498 g/mol. The zero-order valence-electron chi connectivity index (χ0n) is 13.3. The number of halogens is 1. The molecule has 0 radical (unpaired) electrons. The fourth-order valence-corrected chi connectivity index (χ4v) is 4.42. The number of non-ortho nitro benzene ring substituents is 1. The number of nitro groups is 1. The van der Waals surface area contributed by atoms with Crippen molar-refractivity contribution in [1.29, 1.82) is 0 Å². The maximum absolute atomic E-state index is 12.8. The number of nitrogens with zero attached hydrogens (tertiary/aromatic N) is 2. The van der Waals surface area contributed by atoms with Crippen molar-refractivity contribution in [2.45, 2.75) is 0 Å². The van der Waals surface area contributed by atoms with Crippen LogP contribution in [0.4, 0.5) is 11.4 Å². The highest BCUT2D eigenvalue weighted by Gasteiger charge is 2.33. The van der Waals surface area contributed by atoms with E-state index in [0.717, 1.165) is 14.9 Å². The molecule has 0 unspecified atom stereocenters. The minimum absolute atomic E-state index is 0.0924. The summed E-state index contributed by atoms with van der Waals surface area (Å²) in [6.45, 7) is 0. The number of nitro benzene ring substituents is 1. The first kappa shape index (κ1) is 18.8. The Bertz CT molecular complexity index is 962. The third-order valence-corrected chi connectivity index (χ3v) is 5.71. The summed E-state index contributed by atoms with van der Waals surface area (Å²) in [5.41, 5.74) is 1.13. The highest BCUT2D eigenvalue weighted by molar-refractivity contribution is 14.1. The van der Waals surface area contributed by atoms with Gasteiger partial charge in [-0.1, -0.05) is 36.1 Å². The van der Waals surface area contributed by atoms with Gasteiger partial charge in [-0.3, -0.25) is 19.8 Å². The number of ether oxygens (including phenoxy) is 1. The van der Waals surface area contributed by atoms with Gasteiger partial charge in [0.05, 0.1) is 26.2 Å². The summed E-state index contributed by atoms with van der Waals surface area (Å²) >= 11 is 8.63. The van der Waals surface area contributed by atoms with E-state index < -0.39 is 4.92 Å². The number of carbonyl (C=O) groups excluding carboxylic acids is 1. The van der Waals surface area contributed by atoms with Crippen LogP contribution in [0.15, 0.2) is 47.4 Å². The number of benzene rings is 2. The smallest absolute Gasteiger partial charge is 0.271 e. The third kappa shape index (κ3) is 3.74. The summed E-state index contributed by atoms with van der Waals surface area (Å²) in [6.07, 6.45) is 1.75. The van der Waals surface area contributed by atoms with E-state index in [9.17, 15) is 14.9 Å². The van der Waals surface area contributed by atoms with E-state index in [1.807, 2.05) is 18.2 Å². The molecule has 0 atom stereocenters. The Morgan fingerprint density at radius 3 is 2.73 bits per heavy atom. The molecule has 0 bridgehead atoms. The van der Waals surface area contributed by atoms with E-state index in [1.54, 1.807) is 19.3 Å². The zero-order valence-corrected chi connectivity index (χ0v) is 17.1. The molecule has 1 heterocycles. The van der Waals surface area contributed by atoms with Crippen LogP contribution in [-0.4, -0.2) is 22.3 Å². The Morgan fingerprint density at radius 2 is 2.08 bits per heavy atom. The number of hydrogen-bond donors (Lipinski definition) is 0. The Balaban J connectivity index is 1.93. The molecule has 0 saturated carbocycles. The molecule has 0 aromatic heterocycles. The molecule has 26 heavy (non-hydrogen) atoms. The van der Waals surface area contributed by atoms with Crippen LogP contribution in [0.5, 0.6) is 5.75 Å². The van der Waals surface area contributed by atoms with Gasteiger partial charge in [-0.05, 0) is 52.4 Å². The number of thiocarbonyl (C=S) groups is 1. The predicted molar refractivity (Wildman–Crippen MR) is 114 cm³/mol. The largest absolute Gasteiger partial charge is 0.496 e. The Morgan fingerprint density at radius 1 is 1.31 bits per heavy atom. The molecule has 9 heteroatoms. The maximum Gasteiger partial charge on any atom is 0.271 e. The molecule has 1 amide bonds. The van der Waals surface area contributed by atoms with Crippen LogP contribution in [0, 0.1) is 13.7 Å². The SMILES string of the molecule is COc1ccc(/C=C2/SC(=S)N(c3cccc([N+](=O)[O-])c3)C2=O)cc1I. The number of methoxy groups -OCH3 is 1. The average Bonchev–Trinajstić information content (AvgIpc) is 2.88. The van der Waals surface area contributed by atoms with E-state index in [0.29, 0.717) is 14.9 Å². The molecule has 0 spiro atoms. The number of hydrogen-bond acceptors (Lipinski definition) is 6. The first-order valence-electron chi connectivity index (χ1n) is 7.26. The lowest BCUT2D eigenvalue weighted by molar-refractivity contribution is -0.384. The van der Waals surface area contributed by atoms with Crippen molar-refractivity contribution in [2.24, 2.45) is 0 Å². The first-order valence-corrected chi connectivity index (χ1v) is 9.57. The van der Waals surface area contributed by atoms with Crippen LogP contribution < -0.4 is 9.64 Å². The van der Waals surface area contributed by atoms with Gasteiger partial charge in [-0.2, -0.15) is 0 Å². The lowest BCUT2D eigenvalue weighted by atomic mass is 10.2. The fraction of sp³-hybridized carbons (Fsp3) is 0.0588. The van der Waals surface area contributed by atoms with Crippen molar-refractivity contribution >= 4 is 74.2 Å². The van der Waals surface area contributed by atoms with Crippen LogP contribution in [0.25, 0.3) is 6.08 Å². The molecule has 6 nitrogen and oxygen atoms in total. The summed E-state index contributed by atoms with van der Waals surface area (Å²) in [4.78, 5) is 25.0. The Kier molecular flexibility index (Phi) is 5.58. The van der Waals surface area contributed by atoms with E-state index in [2.05, 4.69) is 22.6 Å². The summed E-state index contributed by atoms with van der Waals surface area (Å²) < 4.78 is 6.49. The minimum Gasteiger partial charge on any atom is -0.496 e. The number of amides is 1. The van der Waals surface area contributed by atoms with Gasteiger partial charge in [-0.15, -0.1) is 0 Å². The standard InChI is InChI=1S/C17H11IN2O4S2/c1-24-14-6-5-10(7-13(14)18)8-15-16(21)19(17(25)26-15)11-3-2-4-12(9-11)20(22)23/h2-9H,1H3/b15-8+. The van der Waals surface area contributed by atoms with Crippen LogP contribution in [0.3, 0.4) is 0 Å². The first-order chi connectivity index (χ1) is 12.4. The van der Waals surface area contributed by atoms with Gasteiger partial charge in [0.25, 0.3) is 11.6 Å². The van der Waals surface area contributed by atoms with Crippen molar-refractivity contribution in [3.63, 3.8) is 0 Å². The van der Waals surface area contributed by atoms with Gasteiger partial charge in [0.1, 0.15) is 5.75 Å². The number of carbonyl (C=O) groups is 1. The van der Waals surface area contributed by atoms with Gasteiger partial charge >= 0.3 is 0 Å². The highest BCUT2D eigenvalue weighted by Crippen LogP contribution is 2.37. The van der Waals surface area contributed by atoms with Gasteiger partial charge in [-0.25, -0.2) is 0 Å². The van der Waals surface area contributed by atoms with Crippen molar-refractivity contribution in [3.8, 4) is 5.75 Å².